The first kappa shape index (κ1) is 16.3. The first-order valence-electron chi connectivity index (χ1n) is 8.94. The average molecular weight is 342 g/mol. The highest BCUT2D eigenvalue weighted by atomic mass is 16.5. The number of carbonyl (C=O) groups is 3. The van der Waals surface area contributed by atoms with Gasteiger partial charge in [-0.15, -0.1) is 0 Å². The van der Waals surface area contributed by atoms with Crippen LogP contribution in [0.15, 0.2) is 30.3 Å². The monoisotopic (exact) mass is 342 g/mol. The van der Waals surface area contributed by atoms with E-state index in [1.807, 2.05) is 30.3 Å². The van der Waals surface area contributed by atoms with Crippen molar-refractivity contribution in [1.29, 1.82) is 0 Å². The molecule has 0 radical (unpaired) electrons. The van der Waals surface area contributed by atoms with Crippen LogP contribution in [0.1, 0.15) is 24.8 Å². The molecule has 3 saturated heterocycles. The SMILES string of the molecule is O=C1[C@@H]2[C@@H](CCCN2C(=O)C2CCOC2)C(=O)N1Cc1ccccc1. The number of benzene rings is 1. The number of carbonyl (C=O) groups excluding carboxylic acids is 3. The van der Waals surface area contributed by atoms with Crippen molar-refractivity contribution in [3.05, 3.63) is 35.9 Å². The molecule has 3 atom stereocenters. The Morgan fingerprint density at radius 3 is 2.64 bits per heavy atom. The summed E-state index contributed by atoms with van der Waals surface area (Å²) in [6, 6.07) is 8.87. The number of imide groups is 1. The van der Waals surface area contributed by atoms with Gasteiger partial charge in [0, 0.05) is 13.2 Å². The normalized spacial score (nSPS) is 29.2. The van der Waals surface area contributed by atoms with Crippen molar-refractivity contribution < 1.29 is 19.1 Å². The Kier molecular flexibility index (Phi) is 4.29. The molecule has 1 aromatic carbocycles. The Hall–Kier alpha value is -2.21. The molecule has 1 unspecified atom stereocenters. The maximum absolute atomic E-state index is 13.0. The van der Waals surface area contributed by atoms with Gasteiger partial charge in [-0.05, 0) is 24.8 Å². The van der Waals surface area contributed by atoms with Gasteiger partial charge in [-0.1, -0.05) is 30.3 Å². The number of rotatable bonds is 3. The molecule has 0 saturated carbocycles. The number of hydrogen-bond donors (Lipinski definition) is 0. The van der Waals surface area contributed by atoms with Crippen molar-refractivity contribution in [2.75, 3.05) is 19.8 Å². The Labute approximate surface area is 146 Å². The molecule has 3 amide bonds. The van der Waals surface area contributed by atoms with E-state index in [1.54, 1.807) is 4.90 Å². The predicted molar refractivity (Wildman–Crippen MR) is 89.2 cm³/mol. The van der Waals surface area contributed by atoms with E-state index in [9.17, 15) is 14.4 Å². The van der Waals surface area contributed by atoms with Gasteiger partial charge in [0.15, 0.2) is 0 Å². The third-order valence-electron chi connectivity index (χ3n) is 5.48. The first-order chi connectivity index (χ1) is 12.2. The summed E-state index contributed by atoms with van der Waals surface area (Å²) in [5, 5.41) is 0. The fourth-order valence-corrected chi connectivity index (χ4v) is 4.16. The van der Waals surface area contributed by atoms with E-state index in [0.29, 0.717) is 32.6 Å². The molecule has 1 aromatic rings. The molecule has 0 N–H and O–H groups in total. The van der Waals surface area contributed by atoms with E-state index in [0.717, 1.165) is 12.0 Å². The minimum atomic E-state index is -0.627. The Morgan fingerprint density at radius 1 is 1.12 bits per heavy atom. The highest BCUT2D eigenvalue weighted by Crippen LogP contribution is 2.35. The maximum atomic E-state index is 13.0. The zero-order valence-electron chi connectivity index (χ0n) is 14.1. The summed E-state index contributed by atoms with van der Waals surface area (Å²) in [6.07, 6.45) is 2.13. The number of piperidine rings is 1. The van der Waals surface area contributed by atoms with Crippen LogP contribution in [0.2, 0.25) is 0 Å². The van der Waals surface area contributed by atoms with Gasteiger partial charge in [-0.3, -0.25) is 19.3 Å². The average Bonchev–Trinajstić information content (AvgIpc) is 3.26. The van der Waals surface area contributed by atoms with Gasteiger partial charge in [0.05, 0.1) is 25.0 Å². The second kappa shape index (κ2) is 6.59. The number of likely N-dealkylation sites (tertiary alicyclic amines) is 2. The second-order valence-corrected chi connectivity index (χ2v) is 7.03. The summed E-state index contributed by atoms with van der Waals surface area (Å²) < 4.78 is 5.32. The summed E-state index contributed by atoms with van der Waals surface area (Å²) in [7, 11) is 0. The zero-order valence-corrected chi connectivity index (χ0v) is 14.1. The number of ether oxygens (including phenoxy) is 1. The van der Waals surface area contributed by atoms with Crippen LogP contribution in [0.4, 0.5) is 0 Å². The summed E-state index contributed by atoms with van der Waals surface area (Å²) in [6.45, 7) is 1.84. The van der Waals surface area contributed by atoms with E-state index in [-0.39, 0.29) is 30.2 Å². The zero-order chi connectivity index (χ0) is 17.4. The Balaban J connectivity index is 1.56. The summed E-state index contributed by atoms with van der Waals surface area (Å²) >= 11 is 0. The molecule has 6 heteroatoms. The minimum absolute atomic E-state index is 0.0325. The topological polar surface area (TPSA) is 66.9 Å². The fraction of sp³-hybridized carbons (Fsp3) is 0.526. The molecule has 0 bridgehead atoms. The molecule has 0 spiro atoms. The first-order valence-corrected chi connectivity index (χ1v) is 8.94. The van der Waals surface area contributed by atoms with Crippen molar-refractivity contribution in [2.24, 2.45) is 11.8 Å². The van der Waals surface area contributed by atoms with Crippen LogP contribution in [0.25, 0.3) is 0 Å². The number of hydrogen-bond acceptors (Lipinski definition) is 4. The number of amides is 3. The molecule has 0 aromatic heterocycles. The molecule has 6 nitrogen and oxygen atoms in total. The molecular weight excluding hydrogens is 320 g/mol. The standard InChI is InChI=1S/C19H22N2O4/c22-17(14-8-10-25-12-14)20-9-4-7-15-16(20)19(24)21(18(15)23)11-13-5-2-1-3-6-13/h1-3,5-6,14-16H,4,7-12H2/t14?,15-,16+/m1/s1. The van der Waals surface area contributed by atoms with Crippen molar-refractivity contribution in [2.45, 2.75) is 31.8 Å². The van der Waals surface area contributed by atoms with Crippen molar-refractivity contribution in [3.63, 3.8) is 0 Å². The van der Waals surface area contributed by atoms with Crippen molar-refractivity contribution in [1.82, 2.24) is 9.80 Å². The molecular formula is C19H22N2O4. The molecule has 3 aliphatic heterocycles. The fourth-order valence-electron chi connectivity index (χ4n) is 4.16. The summed E-state index contributed by atoms with van der Waals surface area (Å²) in [4.78, 5) is 41.6. The maximum Gasteiger partial charge on any atom is 0.253 e. The lowest BCUT2D eigenvalue weighted by molar-refractivity contribution is -0.147. The molecule has 132 valence electrons. The second-order valence-electron chi connectivity index (χ2n) is 7.03. The Morgan fingerprint density at radius 2 is 1.92 bits per heavy atom. The molecule has 25 heavy (non-hydrogen) atoms. The Bertz CT molecular complexity index is 684. The van der Waals surface area contributed by atoms with Gasteiger partial charge >= 0.3 is 0 Å². The van der Waals surface area contributed by atoms with Gasteiger partial charge < -0.3 is 9.64 Å². The summed E-state index contributed by atoms with van der Waals surface area (Å²) in [5.41, 5.74) is 0.921. The highest BCUT2D eigenvalue weighted by molar-refractivity contribution is 6.08. The minimum Gasteiger partial charge on any atom is -0.381 e. The smallest absolute Gasteiger partial charge is 0.253 e. The largest absolute Gasteiger partial charge is 0.381 e. The van der Waals surface area contributed by atoms with E-state index in [1.165, 1.54) is 4.90 Å². The molecule has 3 heterocycles. The van der Waals surface area contributed by atoms with Crippen LogP contribution in [0, 0.1) is 11.8 Å². The van der Waals surface area contributed by atoms with E-state index in [4.69, 9.17) is 4.74 Å². The molecule has 3 fully saturated rings. The van der Waals surface area contributed by atoms with Gasteiger partial charge in [-0.2, -0.15) is 0 Å². The van der Waals surface area contributed by atoms with Crippen LogP contribution in [-0.2, 0) is 25.7 Å². The van der Waals surface area contributed by atoms with E-state index in [2.05, 4.69) is 0 Å². The molecule has 4 rings (SSSR count). The van der Waals surface area contributed by atoms with Crippen LogP contribution in [-0.4, -0.2) is 53.3 Å². The summed E-state index contributed by atoms with van der Waals surface area (Å²) in [5.74, 6) is -0.971. The third kappa shape index (κ3) is 2.84. The lowest BCUT2D eigenvalue weighted by atomic mass is 9.90. The van der Waals surface area contributed by atoms with Gasteiger partial charge in [0.1, 0.15) is 6.04 Å². The number of nitrogens with zero attached hydrogens (tertiary/aromatic N) is 2. The molecule has 0 aliphatic carbocycles. The lowest BCUT2D eigenvalue weighted by Gasteiger charge is -2.36. The van der Waals surface area contributed by atoms with Crippen molar-refractivity contribution in [3.8, 4) is 0 Å². The van der Waals surface area contributed by atoms with Gasteiger partial charge in [-0.25, -0.2) is 0 Å². The molecule has 3 aliphatic rings. The van der Waals surface area contributed by atoms with E-state index < -0.39 is 12.0 Å². The third-order valence-corrected chi connectivity index (χ3v) is 5.48. The van der Waals surface area contributed by atoms with Crippen LogP contribution in [0.3, 0.4) is 0 Å². The van der Waals surface area contributed by atoms with Crippen LogP contribution >= 0.6 is 0 Å². The van der Waals surface area contributed by atoms with Crippen molar-refractivity contribution >= 4 is 17.7 Å². The highest BCUT2D eigenvalue weighted by Gasteiger charge is 2.53. The van der Waals surface area contributed by atoms with Crippen LogP contribution < -0.4 is 0 Å². The lowest BCUT2D eigenvalue weighted by Crippen LogP contribution is -2.52. The van der Waals surface area contributed by atoms with E-state index >= 15 is 0 Å². The predicted octanol–water partition coefficient (Wildman–Crippen LogP) is 1.20. The van der Waals surface area contributed by atoms with Crippen LogP contribution in [0.5, 0.6) is 0 Å². The quantitative estimate of drug-likeness (QED) is 0.774. The number of fused-ring (bicyclic) bond motifs is 1. The van der Waals surface area contributed by atoms with Gasteiger partial charge in [0.25, 0.3) is 5.91 Å². The van der Waals surface area contributed by atoms with Gasteiger partial charge in [0.2, 0.25) is 11.8 Å².